The van der Waals surface area contributed by atoms with Gasteiger partial charge in [0.15, 0.2) is 0 Å². The molecule has 1 saturated carbocycles. The van der Waals surface area contributed by atoms with Crippen molar-refractivity contribution in [3.8, 4) is 0 Å². The van der Waals surface area contributed by atoms with Crippen LogP contribution >= 0.6 is 0 Å². The van der Waals surface area contributed by atoms with Crippen LogP contribution in [0, 0.1) is 6.92 Å². The number of nitrogens with zero attached hydrogens (tertiary/aromatic N) is 2. The molecule has 2 rings (SSSR count). The summed E-state index contributed by atoms with van der Waals surface area (Å²) in [5.41, 5.74) is 8.01. The molecule has 84 valence electrons. The van der Waals surface area contributed by atoms with Crippen molar-refractivity contribution in [3.63, 3.8) is 0 Å². The van der Waals surface area contributed by atoms with E-state index < -0.39 is 0 Å². The van der Waals surface area contributed by atoms with Crippen LogP contribution in [-0.2, 0) is 6.54 Å². The molecule has 1 heterocycles. The highest BCUT2D eigenvalue weighted by Gasteiger charge is 2.38. The Hall–Kier alpha value is -1.19. The fourth-order valence-electron chi connectivity index (χ4n) is 1.70. The van der Waals surface area contributed by atoms with Crippen LogP contribution in [0.3, 0.4) is 0 Å². The lowest BCUT2D eigenvalue weighted by atomic mass is 10.3. The first-order chi connectivity index (χ1) is 7.06. The maximum Gasteiger partial charge on any atom is 0.148 e. The molecule has 1 aliphatic rings. The third-order valence-corrected chi connectivity index (χ3v) is 3.03. The van der Waals surface area contributed by atoms with Crippen LogP contribution in [0.15, 0.2) is 0 Å². The molecule has 0 spiro atoms. The molecule has 1 aromatic heterocycles. The minimum atomic E-state index is 0.256. The van der Waals surface area contributed by atoms with E-state index >= 15 is 0 Å². The zero-order chi connectivity index (χ0) is 11.1. The summed E-state index contributed by atoms with van der Waals surface area (Å²) in [6, 6.07) is 0. The molecule has 0 aliphatic heterocycles. The van der Waals surface area contributed by atoms with Gasteiger partial charge in [-0.1, -0.05) is 6.92 Å². The zero-order valence-corrected chi connectivity index (χ0v) is 9.80. The summed E-state index contributed by atoms with van der Waals surface area (Å²) in [6.07, 6.45) is 3.53. The first-order valence-electron chi connectivity index (χ1n) is 5.67. The predicted molar refractivity (Wildman–Crippen MR) is 62.9 cm³/mol. The molecule has 1 aliphatic carbocycles. The monoisotopic (exact) mass is 208 g/mol. The fourth-order valence-corrected chi connectivity index (χ4v) is 1.70. The van der Waals surface area contributed by atoms with E-state index in [1.54, 1.807) is 0 Å². The Bertz CT molecular complexity index is 363. The average Bonchev–Trinajstić information content (AvgIpc) is 2.85. The molecule has 0 radical (unpaired) electrons. The van der Waals surface area contributed by atoms with E-state index in [1.165, 1.54) is 12.8 Å². The zero-order valence-electron chi connectivity index (χ0n) is 9.80. The van der Waals surface area contributed by atoms with Crippen LogP contribution < -0.4 is 11.1 Å². The Morgan fingerprint density at radius 1 is 1.53 bits per heavy atom. The fraction of sp³-hybridized carbons (Fsp3) is 0.727. The Labute approximate surface area is 90.8 Å². The Balaban J connectivity index is 2.25. The van der Waals surface area contributed by atoms with E-state index in [2.05, 4.69) is 24.3 Å². The van der Waals surface area contributed by atoms with Crippen molar-refractivity contribution in [2.75, 3.05) is 11.1 Å². The van der Waals surface area contributed by atoms with Gasteiger partial charge in [0, 0.05) is 12.1 Å². The van der Waals surface area contributed by atoms with Gasteiger partial charge in [-0.25, -0.2) is 4.68 Å². The number of aryl methyl sites for hydroxylation is 2. The molecule has 0 aromatic carbocycles. The Morgan fingerprint density at radius 2 is 2.20 bits per heavy atom. The largest absolute Gasteiger partial charge is 0.394 e. The molecular weight excluding hydrogens is 188 g/mol. The lowest BCUT2D eigenvalue weighted by Crippen LogP contribution is -2.20. The standard InChI is InChI=1S/C11H20N4/c1-4-7-15-10(9(12)8(2)14-15)13-11(3)5-6-11/h13H,4-7,12H2,1-3H3. The molecule has 1 fully saturated rings. The summed E-state index contributed by atoms with van der Waals surface area (Å²) in [7, 11) is 0. The second-order valence-corrected chi connectivity index (χ2v) is 4.76. The van der Waals surface area contributed by atoms with Crippen molar-refractivity contribution in [1.29, 1.82) is 0 Å². The van der Waals surface area contributed by atoms with Crippen molar-refractivity contribution in [3.05, 3.63) is 5.69 Å². The van der Waals surface area contributed by atoms with Crippen LogP contribution in [0.5, 0.6) is 0 Å². The molecule has 0 saturated heterocycles. The molecule has 4 nitrogen and oxygen atoms in total. The lowest BCUT2D eigenvalue weighted by molar-refractivity contribution is 0.597. The number of hydrogen-bond acceptors (Lipinski definition) is 3. The van der Waals surface area contributed by atoms with Crippen molar-refractivity contribution in [1.82, 2.24) is 9.78 Å². The Kier molecular flexibility index (Phi) is 2.37. The maximum atomic E-state index is 6.02. The van der Waals surface area contributed by atoms with E-state index in [0.29, 0.717) is 0 Å². The van der Waals surface area contributed by atoms with Gasteiger partial charge in [0.1, 0.15) is 5.82 Å². The smallest absolute Gasteiger partial charge is 0.148 e. The molecule has 1 aromatic rings. The summed E-state index contributed by atoms with van der Waals surface area (Å²) in [5.74, 6) is 1.01. The maximum absolute atomic E-state index is 6.02. The van der Waals surface area contributed by atoms with Crippen molar-refractivity contribution in [2.45, 2.75) is 52.1 Å². The molecule has 4 heteroatoms. The van der Waals surface area contributed by atoms with E-state index in [1.807, 2.05) is 11.6 Å². The van der Waals surface area contributed by atoms with Crippen molar-refractivity contribution < 1.29 is 0 Å². The third-order valence-electron chi connectivity index (χ3n) is 3.03. The van der Waals surface area contributed by atoms with Crippen molar-refractivity contribution >= 4 is 11.5 Å². The molecular formula is C11H20N4. The third kappa shape index (κ3) is 1.94. The Morgan fingerprint density at radius 3 is 2.73 bits per heavy atom. The highest BCUT2D eigenvalue weighted by Crippen LogP contribution is 2.39. The molecule has 0 unspecified atom stereocenters. The van der Waals surface area contributed by atoms with Gasteiger partial charge in [0.25, 0.3) is 0 Å². The van der Waals surface area contributed by atoms with Gasteiger partial charge in [-0.2, -0.15) is 5.10 Å². The minimum absolute atomic E-state index is 0.256. The van der Waals surface area contributed by atoms with Crippen LogP contribution in [-0.4, -0.2) is 15.3 Å². The second-order valence-electron chi connectivity index (χ2n) is 4.76. The SMILES string of the molecule is CCCn1nc(C)c(N)c1NC1(C)CC1. The minimum Gasteiger partial charge on any atom is -0.394 e. The second kappa shape index (κ2) is 3.43. The quantitative estimate of drug-likeness (QED) is 0.797. The number of nitrogens with one attached hydrogen (secondary N) is 1. The van der Waals surface area contributed by atoms with Crippen LogP contribution in [0.2, 0.25) is 0 Å². The molecule has 0 amide bonds. The van der Waals surface area contributed by atoms with Gasteiger partial charge < -0.3 is 11.1 Å². The average molecular weight is 208 g/mol. The number of hydrogen-bond donors (Lipinski definition) is 2. The van der Waals surface area contributed by atoms with Crippen LogP contribution in [0.1, 0.15) is 38.8 Å². The summed E-state index contributed by atoms with van der Waals surface area (Å²) in [4.78, 5) is 0. The van der Waals surface area contributed by atoms with E-state index in [0.717, 1.165) is 30.2 Å². The van der Waals surface area contributed by atoms with Gasteiger partial charge in [-0.3, -0.25) is 0 Å². The van der Waals surface area contributed by atoms with Gasteiger partial charge in [-0.15, -0.1) is 0 Å². The first kappa shape index (κ1) is 10.3. The highest BCUT2D eigenvalue weighted by molar-refractivity contribution is 5.66. The number of aromatic nitrogens is 2. The van der Waals surface area contributed by atoms with E-state index in [4.69, 9.17) is 5.73 Å². The van der Waals surface area contributed by atoms with Crippen molar-refractivity contribution in [2.24, 2.45) is 0 Å². The van der Waals surface area contributed by atoms with Gasteiger partial charge >= 0.3 is 0 Å². The topological polar surface area (TPSA) is 55.9 Å². The molecule has 3 N–H and O–H groups in total. The summed E-state index contributed by atoms with van der Waals surface area (Å²) < 4.78 is 1.99. The predicted octanol–water partition coefficient (Wildman–Crippen LogP) is 2.15. The summed E-state index contributed by atoms with van der Waals surface area (Å²) in [6.45, 7) is 7.26. The van der Waals surface area contributed by atoms with Crippen LogP contribution in [0.4, 0.5) is 11.5 Å². The summed E-state index contributed by atoms with van der Waals surface area (Å²) in [5, 5.41) is 7.95. The number of nitrogen functional groups attached to an aromatic ring is 1. The highest BCUT2D eigenvalue weighted by atomic mass is 15.4. The van der Waals surface area contributed by atoms with Gasteiger partial charge in [0.2, 0.25) is 0 Å². The molecule has 15 heavy (non-hydrogen) atoms. The molecule has 0 atom stereocenters. The van der Waals surface area contributed by atoms with Crippen LogP contribution in [0.25, 0.3) is 0 Å². The number of nitrogens with two attached hydrogens (primary N) is 1. The molecule has 0 bridgehead atoms. The van der Waals surface area contributed by atoms with Gasteiger partial charge in [-0.05, 0) is 33.1 Å². The van der Waals surface area contributed by atoms with E-state index in [9.17, 15) is 0 Å². The number of rotatable bonds is 4. The van der Waals surface area contributed by atoms with Gasteiger partial charge in [0.05, 0.1) is 11.4 Å². The normalized spacial score (nSPS) is 17.8. The van der Waals surface area contributed by atoms with E-state index in [-0.39, 0.29) is 5.54 Å². The number of anilines is 2. The summed E-state index contributed by atoms with van der Waals surface area (Å²) >= 11 is 0. The lowest BCUT2D eigenvalue weighted by Gasteiger charge is -2.15. The first-order valence-corrected chi connectivity index (χ1v) is 5.67.